The van der Waals surface area contributed by atoms with Gasteiger partial charge in [0.1, 0.15) is 30.5 Å². The van der Waals surface area contributed by atoms with Crippen LogP contribution in [0.4, 0.5) is 5.82 Å². The van der Waals surface area contributed by atoms with Crippen molar-refractivity contribution in [3.05, 3.63) is 29.3 Å². The first kappa shape index (κ1) is 22.2. The lowest BCUT2D eigenvalue weighted by atomic mass is 9.96. The Hall–Kier alpha value is -3.11. The first-order valence-corrected chi connectivity index (χ1v) is 9.29. The molecule has 1 saturated heterocycles. The molecule has 1 aromatic heterocycles. The van der Waals surface area contributed by atoms with E-state index in [2.05, 4.69) is 12.0 Å². The summed E-state index contributed by atoms with van der Waals surface area (Å²) in [6.07, 6.45) is 0. The minimum atomic E-state index is -0.00344. The number of ether oxygens (including phenoxy) is 3. The molecule has 3 N–H and O–H groups in total. The summed E-state index contributed by atoms with van der Waals surface area (Å²) in [5.41, 5.74) is 6.92. The fraction of sp³-hybridized carbons (Fsp3) is 0.350. The largest absolute Gasteiger partial charge is 0.759 e. The SMILES string of the molecule is COc1ccc(-c2c(C#N)c(N)nc([S-])c2C#N)cc1OC.C[NH+]1CCOCC1. The summed E-state index contributed by atoms with van der Waals surface area (Å²) in [5.74, 6) is 0.995. The van der Waals surface area contributed by atoms with Crippen LogP contribution in [0.25, 0.3) is 11.1 Å². The lowest BCUT2D eigenvalue weighted by molar-refractivity contribution is -0.888. The van der Waals surface area contributed by atoms with E-state index in [1.54, 1.807) is 23.1 Å². The second-order valence-corrected chi connectivity index (χ2v) is 6.68. The molecule has 0 spiro atoms. The summed E-state index contributed by atoms with van der Waals surface area (Å²) in [6.45, 7) is 4.26. The minimum absolute atomic E-state index is 0.00344. The molecule has 1 fully saturated rings. The van der Waals surface area contributed by atoms with Gasteiger partial charge in [0, 0.05) is 5.56 Å². The Bertz CT molecular complexity index is 908. The molecule has 152 valence electrons. The van der Waals surface area contributed by atoms with Crippen LogP contribution in [0.15, 0.2) is 23.2 Å². The Morgan fingerprint density at radius 3 is 2.21 bits per heavy atom. The molecule has 8 nitrogen and oxygen atoms in total. The van der Waals surface area contributed by atoms with Crippen LogP contribution in [-0.4, -0.2) is 52.6 Å². The van der Waals surface area contributed by atoms with Crippen LogP contribution < -0.4 is 20.1 Å². The Morgan fingerprint density at radius 2 is 1.72 bits per heavy atom. The maximum Gasteiger partial charge on any atom is 0.161 e. The molecule has 2 heterocycles. The van der Waals surface area contributed by atoms with E-state index in [1.165, 1.54) is 27.3 Å². The molecule has 3 rings (SSSR count). The molecule has 2 aromatic rings. The molecule has 0 saturated carbocycles. The van der Waals surface area contributed by atoms with Gasteiger partial charge in [0.15, 0.2) is 11.5 Å². The second-order valence-electron chi connectivity index (χ2n) is 6.29. The zero-order valence-corrected chi connectivity index (χ0v) is 17.4. The Labute approximate surface area is 175 Å². The molecule has 1 aliphatic heterocycles. The monoisotopic (exact) mass is 413 g/mol. The third kappa shape index (κ3) is 5.24. The summed E-state index contributed by atoms with van der Waals surface area (Å²) in [6, 6.07) is 8.99. The minimum Gasteiger partial charge on any atom is -0.759 e. The number of nitriles is 2. The highest BCUT2D eigenvalue weighted by Gasteiger charge is 2.17. The predicted octanol–water partition coefficient (Wildman–Crippen LogP) is 0.528. The summed E-state index contributed by atoms with van der Waals surface area (Å²) in [7, 11) is 5.21. The van der Waals surface area contributed by atoms with Gasteiger partial charge in [-0.25, -0.2) is 0 Å². The van der Waals surface area contributed by atoms with Gasteiger partial charge in [-0.15, -0.1) is 0 Å². The summed E-state index contributed by atoms with van der Waals surface area (Å²) in [5, 5.41) is 18.7. The number of benzene rings is 1. The zero-order chi connectivity index (χ0) is 21.4. The number of anilines is 1. The van der Waals surface area contributed by atoms with E-state index in [-0.39, 0.29) is 22.0 Å². The first-order valence-electron chi connectivity index (χ1n) is 8.88. The molecule has 0 radical (unpaired) electrons. The number of aromatic nitrogens is 1. The van der Waals surface area contributed by atoms with Crippen LogP contribution >= 0.6 is 0 Å². The number of pyridine rings is 1. The van der Waals surface area contributed by atoms with Gasteiger partial charge >= 0.3 is 0 Å². The van der Waals surface area contributed by atoms with Crippen molar-refractivity contribution in [2.75, 3.05) is 53.3 Å². The number of hydrogen-bond acceptors (Lipinski definition) is 8. The van der Waals surface area contributed by atoms with Crippen LogP contribution in [0.2, 0.25) is 0 Å². The number of methoxy groups -OCH3 is 2. The maximum absolute atomic E-state index is 9.34. The number of hydrogen-bond donors (Lipinski definition) is 2. The highest BCUT2D eigenvalue weighted by molar-refractivity contribution is 7.58. The molecule has 0 amide bonds. The fourth-order valence-electron chi connectivity index (χ4n) is 2.80. The number of nitrogens with zero attached hydrogens (tertiary/aromatic N) is 3. The third-order valence-electron chi connectivity index (χ3n) is 4.43. The molecule has 0 unspecified atom stereocenters. The van der Waals surface area contributed by atoms with Gasteiger partial charge in [0.25, 0.3) is 0 Å². The van der Waals surface area contributed by atoms with Crippen LogP contribution in [0.5, 0.6) is 11.5 Å². The van der Waals surface area contributed by atoms with Crippen molar-refractivity contribution in [1.82, 2.24) is 4.98 Å². The van der Waals surface area contributed by atoms with Crippen LogP contribution in [0.1, 0.15) is 11.1 Å². The molecule has 0 bridgehead atoms. The quantitative estimate of drug-likeness (QED) is 0.700. The lowest BCUT2D eigenvalue weighted by Crippen LogP contribution is -3.11. The highest BCUT2D eigenvalue weighted by Crippen LogP contribution is 2.37. The van der Waals surface area contributed by atoms with E-state index >= 15 is 0 Å². The summed E-state index contributed by atoms with van der Waals surface area (Å²) < 4.78 is 15.5. The van der Waals surface area contributed by atoms with Crippen molar-refractivity contribution < 1.29 is 19.1 Å². The second kappa shape index (κ2) is 10.4. The van der Waals surface area contributed by atoms with Gasteiger partial charge in [0.05, 0.1) is 46.1 Å². The van der Waals surface area contributed by atoms with Gasteiger partial charge in [-0.05, 0) is 17.7 Å². The molecule has 1 aromatic carbocycles. The van der Waals surface area contributed by atoms with Crippen molar-refractivity contribution in [3.8, 4) is 34.8 Å². The number of nitrogens with one attached hydrogen (secondary N) is 1. The molecule has 0 aliphatic carbocycles. The van der Waals surface area contributed by atoms with Crippen molar-refractivity contribution >= 4 is 18.4 Å². The van der Waals surface area contributed by atoms with Crippen LogP contribution in [-0.2, 0) is 17.4 Å². The molecule has 1 aliphatic rings. The van der Waals surface area contributed by atoms with Gasteiger partial charge < -0.3 is 37.5 Å². The van der Waals surface area contributed by atoms with Gasteiger partial charge in [-0.2, -0.15) is 10.5 Å². The molecular formula is C20H23N5O3S. The molecular weight excluding hydrogens is 390 g/mol. The van der Waals surface area contributed by atoms with Crippen LogP contribution in [0, 0.1) is 22.7 Å². The van der Waals surface area contributed by atoms with Gasteiger partial charge in [-0.3, -0.25) is 4.98 Å². The molecule has 9 heteroatoms. The van der Waals surface area contributed by atoms with Crippen LogP contribution in [0.3, 0.4) is 0 Å². The van der Waals surface area contributed by atoms with E-state index < -0.39 is 0 Å². The number of rotatable bonds is 3. The highest BCUT2D eigenvalue weighted by atomic mass is 32.1. The van der Waals surface area contributed by atoms with Gasteiger partial charge in [0.2, 0.25) is 0 Å². The normalized spacial score (nSPS) is 13.4. The van der Waals surface area contributed by atoms with E-state index in [0.717, 1.165) is 13.2 Å². The number of nitrogens with two attached hydrogens (primary N) is 1. The van der Waals surface area contributed by atoms with Crippen molar-refractivity contribution in [1.29, 1.82) is 10.5 Å². The van der Waals surface area contributed by atoms with E-state index in [0.29, 0.717) is 22.6 Å². The van der Waals surface area contributed by atoms with E-state index in [9.17, 15) is 10.5 Å². The summed E-state index contributed by atoms with van der Waals surface area (Å²) >= 11 is 5.06. The Kier molecular flexibility index (Phi) is 7.98. The lowest BCUT2D eigenvalue weighted by Gasteiger charge is -2.18. The fourth-order valence-corrected chi connectivity index (χ4v) is 3.04. The smallest absolute Gasteiger partial charge is 0.161 e. The standard InChI is InChI=1S/C15H12N4O2S.C5H11NO/c1-20-11-4-3-8(5-12(11)21-2)13-9(6-16)14(18)19-15(22)10(13)7-17;1-6-2-4-7-5-3-6/h3-5H,1-2H3,(H3,18,19,22);2-5H2,1H3. The Balaban J connectivity index is 0.000000360. The summed E-state index contributed by atoms with van der Waals surface area (Å²) in [4.78, 5) is 5.46. The van der Waals surface area contributed by atoms with Gasteiger partial charge in [-0.1, -0.05) is 11.1 Å². The number of quaternary nitrogens is 1. The average Bonchev–Trinajstić information content (AvgIpc) is 2.73. The number of nitrogen functional groups attached to an aromatic ring is 1. The first-order chi connectivity index (χ1) is 14.0. The van der Waals surface area contributed by atoms with Crippen molar-refractivity contribution in [2.45, 2.75) is 5.03 Å². The average molecular weight is 414 g/mol. The van der Waals surface area contributed by atoms with E-state index in [1.807, 2.05) is 12.1 Å². The number of likely N-dealkylation sites (N-methyl/N-ethyl adjacent to an activating group) is 1. The van der Waals surface area contributed by atoms with E-state index in [4.69, 9.17) is 32.6 Å². The number of morpholine rings is 1. The maximum atomic E-state index is 9.34. The zero-order valence-electron chi connectivity index (χ0n) is 16.6. The predicted molar refractivity (Wildman–Crippen MR) is 110 cm³/mol. The van der Waals surface area contributed by atoms with Crippen molar-refractivity contribution in [3.63, 3.8) is 0 Å². The molecule has 29 heavy (non-hydrogen) atoms. The third-order valence-corrected chi connectivity index (χ3v) is 4.73. The topological polar surface area (TPSA) is 119 Å². The Morgan fingerprint density at radius 1 is 1.10 bits per heavy atom. The molecule has 0 atom stereocenters. The van der Waals surface area contributed by atoms with Crippen molar-refractivity contribution in [2.24, 2.45) is 0 Å².